The lowest BCUT2D eigenvalue weighted by molar-refractivity contribution is 0.425. The molecule has 8 heteroatoms. The maximum absolute atomic E-state index is 13.0. The second-order valence-electron chi connectivity index (χ2n) is 7.97. The average Bonchev–Trinajstić information content (AvgIpc) is 3.25. The van der Waals surface area contributed by atoms with Crippen molar-refractivity contribution in [3.05, 3.63) is 98.5 Å². The Morgan fingerprint density at radius 2 is 1.72 bits per heavy atom. The minimum atomic E-state index is -3.73. The zero-order valence-corrected chi connectivity index (χ0v) is 20.6. The summed E-state index contributed by atoms with van der Waals surface area (Å²) >= 11 is 16.4. The molecular formula is C24H19BrCl2N2O2S. The minimum absolute atomic E-state index is 0.0629. The van der Waals surface area contributed by atoms with E-state index in [-0.39, 0.29) is 22.8 Å². The Bertz CT molecular complexity index is 1310. The second-order valence-corrected chi connectivity index (χ2v) is 11.4. The maximum atomic E-state index is 13.0. The van der Waals surface area contributed by atoms with Gasteiger partial charge in [-0.05, 0) is 72.5 Å². The minimum Gasteiger partial charge on any atom is -0.378 e. The molecule has 1 aliphatic carbocycles. The van der Waals surface area contributed by atoms with E-state index in [9.17, 15) is 8.42 Å². The normalized spacial score (nSPS) is 21.5. The molecule has 3 aromatic carbocycles. The molecule has 0 radical (unpaired) electrons. The Balaban J connectivity index is 1.51. The highest BCUT2D eigenvalue weighted by Crippen LogP contribution is 2.52. The van der Waals surface area contributed by atoms with Gasteiger partial charge in [-0.15, -0.1) is 0 Å². The lowest BCUT2D eigenvalue weighted by atomic mass is 9.77. The van der Waals surface area contributed by atoms with Crippen molar-refractivity contribution < 1.29 is 8.42 Å². The molecule has 0 saturated heterocycles. The van der Waals surface area contributed by atoms with Gasteiger partial charge < -0.3 is 5.32 Å². The predicted molar refractivity (Wildman–Crippen MR) is 134 cm³/mol. The van der Waals surface area contributed by atoms with Crippen LogP contribution in [-0.2, 0) is 10.0 Å². The largest absolute Gasteiger partial charge is 0.378 e. The monoisotopic (exact) mass is 548 g/mol. The Kier molecular flexibility index (Phi) is 5.74. The quantitative estimate of drug-likeness (QED) is 0.334. The fraction of sp³-hybridized carbons (Fsp3) is 0.167. The third kappa shape index (κ3) is 3.94. The third-order valence-corrected chi connectivity index (χ3v) is 8.62. The van der Waals surface area contributed by atoms with Gasteiger partial charge in [-0.3, -0.25) is 4.72 Å². The van der Waals surface area contributed by atoms with E-state index in [0.29, 0.717) is 15.7 Å². The first-order valence-corrected chi connectivity index (χ1v) is 13.2. The van der Waals surface area contributed by atoms with Crippen LogP contribution in [0.2, 0.25) is 10.0 Å². The number of sulfonamides is 1. The Hall–Kier alpha value is -1.99. The topological polar surface area (TPSA) is 58.2 Å². The van der Waals surface area contributed by atoms with Gasteiger partial charge in [0.25, 0.3) is 10.0 Å². The number of hydrogen-bond acceptors (Lipinski definition) is 3. The highest BCUT2D eigenvalue weighted by Gasteiger charge is 2.40. The van der Waals surface area contributed by atoms with E-state index in [4.69, 9.17) is 23.2 Å². The van der Waals surface area contributed by atoms with Crippen molar-refractivity contribution in [2.45, 2.75) is 23.3 Å². The van der Waals surface area contributed by atoms with Gasteiger partial charge in [0.15, 0.2) is 0 Å². The van der Waals surface area contributed by atoms with E-state index < -0.39 is 10.0 Å². The summed E-state index contributed by atoms with van der Waals surface area (Å²) in [4.78, 5) is 0.231. The van der Waals surface area contributed by atoms with Gasteiger partial charge in [0.2, 0.25) is 0 Å². The molecule has 4 nitrogen and oxygen atoms in total. The van der Waals surface area contributed by atoms with Crippen molar-refractivity contribution in [2.24, 2.45) is 5.92 Å². The van der Waals surface area contributed by atoms with E-state index >= 15 is 0 Å². The summed E-state index contributed by atoms with van der Waals surface area (Å²) in [6, 6.07) is 17.7. The first-order chi connectivity index (χ1) is 15.3. The number of halogens is 3. The lowest BCUT2D eigenvalue weighted by Gasteiger charge is -2.38. The van der Waals surface area contributed by atoms with E-state index in [1.807, 2.05) is 24.3 Å². The van der Waals surface area contributed by atoms with Gasteiger partial charge in [0.05, 0.1) is 10.9 Å². The molecule has 0 saturated carbocycles. The molecule has 164 valence electrons. The van der Waals surface area contributed by atoms with E-state index in [1.54, 1.807) is 36.4 Å². The summed E-state index contributed by atoms with van der Waals surface area (Å²) in [7, 11) is -3.73. The van der Waals surface area contributed by atoms with Gasteiger partial charge in [-0.1, -0.05) is 57.4 Å². The van der Waals surface area contributed by atoms with Crippen LogP contribution >= 0.6 is 39.1 Å². The Labute approximate surface area is 205 Å². The molecule has 2 aliphatic rings. The van der Waals surface area contributed by atoms with Crippen LogP contribution in [0.5, 0.6) is 0 Å². The van der Waals surface area contributed by atoms with Crippen LogP contribution in [0.1, 0.15) is 29.5 Å². The molecule has 32 heavy (non-hydrogen) atoms. The Morgan fingerprint density at radius 3 is 2.44 bits per heavy atom. The van der Waals surface area contributed by atoms with Crippen LogP contribution < -0.4 is 10.0 Å². The average molecular weight is 550 g/mol. The standard InChI is InChI=1S/C24H19BrCl2N2O2S/c25-14-7-9-15(10-8-14)29-32(30,31)16-11-12-22-19(13-16)17-3-1-4-18(17)24(28-22)23-20(26)5-2-6-21(23)27/h1-3,5-13,17-18,24,28-29H,4H2/t17-,18+,24-/m0/s1. The number of fused-ring (bicyclic) bond motifs is 3. The van der Waals surface area contributed by atoms with E-state index in [0.717, 1.165) is 27.7 Å². The van der Waals surface area contributed by atoms with Gasteiger partial charge in [-0.25, -0.2) is 8.42 Å². The summed E-state index contributed by atoms with van der Waals surface area (Å²) < 4.78 is 29.6. The van der Waals surface area contributed by atoms with Crippen molar-refractivity contribution in [3.63, 3.8) is 0 Å². The fourth-order valence-corrected chi connectivity index (χ4v) is 6.56. The molecule has 0 unspecified atom stereocenters. The molecular weight excluding hydrogens is 531 g/mol. The molecule has 0 bridgehead atoms. The summed E-state index contributed by atoms with van der Waals surface area (Å²) in [5, 5.41) is 4.83. The van der Waals surface area contributed by atoms with Gasteiger partial charge in [-0.2, -0.15) is 0 Å². The van der Waals surface area contributed by atoms with Crippen LogP contribution in [0.3, 0.4) is 0 Å². The molecule has 5 rings (SSSR count). The molecule has 0 amide bonds. The number of anilines is 2. The third-order valence-electron chi connectivity index (χ3n) is 6.05. The first kappa shape index (κ1) is 21.8. The molecule has 2 N–H and O–H groups in total. The number of hydrogen-bond donors (Lipinski definition) is 2. The van der Waals surface area contributed by atoms with Crippen molar-refractivity contribution in [3.8, 4) is 0 Å². The maximum Gasteiger partial charge on any atom is 0.261 e. The van der Waals surface area contributed by atoms with E-state index in [1.165, 1.54) is 0 Å². The number of nitrogens with one attached hydrogen (secondary N) is 2. The van der Waals surface area contributed by atoms with Crippen LogP contribution in [0.25, 0.3) is 0 Å². The molecule has 3 atom stereocenters. The highest BCUT2D eigenvalue weighted by atomic mass is 79.9. The predicted octanol–water partition coefficient (Wildman–Crippen LogP) is 7.38. The molecule has 0 aromatic heterocycles. The van der Waals surface area contributed by atoms with Crippen LogP contribution in [0.4, 0.5) is 11.4 Å². The lowest BCUT2D eigenvalue weighted by Crippen LogP contribution is -2.29. The smallest absolute Gasteiger partial charge is 0.261 e. The number of allylic oxidation sites excluding steroid dienone is 2. The van der Waals surface area contributed by atoms with Crippen molar-refractivity contribution in [2.75, 3.05) is 10.0 Å². The first-order valence-electron chi connectivity index (χ1n) is 10.1. The summed E-state index contributed by atoms with van der Waals surface area (Å²) in [6.45, 7) is 0. The molecule has 1 heterocycles. The molecule has 1 aliphatic heterocycles. The van der Waals surface area contributed by atoms with E-state index in [2.05, 4.69) is 38.1 Å². The fourth-order valence-electron chi connectivity index (χ4n) is 4.57. The molecule has 0 fully saturated rings. The van der Waals surface area contributed by atoms with Crippen LogP contribution in [-0.4, -0.2) is 8.42 Å². The summed E-state index contributed by atoms with van der Waals surface area (Å²) in [5.41, 5.74) is 3.24. The SMILES string of the molecule is O=S(=O)(Nc1ccc(Br)cc1)c1ccc2c(c1)[C@H]1C=CC[C@H]1[C@@H](c1c(Cl)cccc1Cl)N2. The number of benzene rings is 3. The zero-order chi connectivity index (χ0) is 22.5. The highest BCUT2D eigenvalue weighted by molar-refractivity contribution is 9.10. The van der Waals surface area contributed by atoms with Gasteiger partial charge in [0, 0.05) is 37.4 Å². The van der Waals surface area contributed by atoms with Crippen LogP contribution in [0.15, 0.2) is 82.2 Å². The van der Waals surface area contributed by atoms with Crippen LogP contribution in [0, 0.1) is 5.92 Å². The molecule has 0 spiro atoms. The van der Waals surface area contributed by atoms with Crippen molar-refractivity contribution in [1.82, 2.24) is 0 Å². The zero-order valence-electron chi connectivity index (χ0n) is 16.7. The van der Waals surface area contributed by atoms with Gasteiger partial charge in [0.1, 0.15) is 0 Å². The second kappa shape index (κ2) is 8.41. The van der Waals surface area contributed by atoms with Crippen molar-refractivity contribution in [1.29, 1.82) is 0 Å². The summed E-state index contributed by atoms with van der Waals surface area (Å²) in [6.07, 6.45) is 5.16. The Morgan fingerprint density at radius 1 is 1.00 bits per heavy atom. The van der Waals surface area contributed by atoms with Crippen molar-refractivity contribution >= 4 is 60.5 Å². The molecule has 3 aromatic rings. The summed E-state index contributed by atoms with van der Waals surface area (Å²) in [5.74, 6) is 0.267. The van der Waals surface area contributed by atoms with Gasteiger partial charge >= 0.3 is 0 Å². The number of rotatable bonds is 4.